The van der Waals surface area contributed by atoms with Gasteiger partial charge in [0.25, 0.3) is 5.91 Å². The van der Waals surface area contributed by atoms with E-state index in [-0.39, 0.29) is 16.4 Å². The lowest BCUT2D eigenvalue weighted by Gasteiger charge is -2.11. The van der Waals surface area contributed by atoms with E-state index in [9.17, 15) is 9.59 Å². The van der Waals surface area contributed by atoms with E-state index < -0.39 is 18.5 Å². The summed E-state index contributed by atoms with van der Waals surface area (Å²) in [6, 6.07) is 4.53. The third-order valence-corrected chi connectivity index (χ3v) is 4.26. The molecule has 0 bridgehead atoms. The van der Waals surface area contributed by atoms with E-state index in [1.54, 1.807) is 13.0 Å². The number of hydrogen-bond acceptors (Lipinski definition) is 6. The molecule has 7 nitrogen and oxygen atoms in total. The molecule has 0 saturated carbocycles. The average molecular weight is 399 g/mol. The molecule has 1 aromatic carbocycles. The molecule has 0 aliphatic rings. The zero-order valence-electron chi connectivity index (χ0n) is 14.3. The summed E-state index contributed by atoms with van der Waals surface area (Å²) < 4.78 is 15.2. The Hall–Kier alpha value is -2.51. The van der Waals surface area contributed by atoms with Gasteiger partial charge in [0, 0.05) is 6.20 Å². The quantitative estimate of drug-likeness (QED) is 0.749. The number of nitrogens with zero attached hydrogens (tertiary/aromatic N) is 1. The Kier molecular flexibility index (Phi) is 6.65. The number of halogens is 2. The number of hydrogen-bond donors (Lipinski definition) is 1. The second-order valence-corrected chi connectivity index (χ2v) is 5.87. The molecule has 1 amide bonds. The minimum Gasteiger partial charge on any atom is -0.493 e. The lowest BCUT2D eigenvalue weighted by Crippen LogP contribution is -2.21. The van der Waals surface area contributed by atoms with Crippen molar-refractivity contribution in [2.24, 2.45) is 0 Å². The number of carbonyl (C=O) groups is 2. The predicted octanol–water partition coefficient (Wildman–Crippen LogP) is 3.51. The van der Waals surface area contributed by atoms with Crippen LogP contribution in [0, 0.1) is 6.92 Å². The van der Waals surface area contributed by atoms with Gasteiger partial charge in [-0.1, -0.05) is 23.2 Å². The maximum Gasteiger partial charge on any atom is 0.338 e. The number of amides is 1. The summed E-state index contributed by atoms with van der Waals surface area (Å²) in [6.45, 7) is 1.19. The molecule has 138 valence electrons. The Morgan fingerprint density at radius 3 is 2.50 bits per heavy atom. The minimum atomic E-state index is -0.688. The highest BCUT2D eigenvalue weighted by molar-refractivity contribution is 6.37. The molecule has 0 radical (unpaired) electrons. The molecule has 0 atom stereocenters. The number of nitrogens with one attached hydrogen (secondary N) is 1. The maximum atomic E-state index is 12.1. The highest BCUT2D eigenvalue weighted by Gasteiger charge is 2.15. The maximum absolute atomic E-state index is 12.1. The zero-order chi connectivity index (χ0) is 19.3. The molecule has 0 unspecified atom stereocenters. The Morgan fingerprint density at radius 1 is 1.15 bits per heavy atom. The van der Waals surface area contributed by atoms with Crippen LogP contribution in [0.25, 0.3) is 0 Å². The van der Waals surface area contributed by atoms with E-state index in [0.717, 1.165) is 0 Å². The summed E-state index contributed by atoms with van der Waals surface area (Å²) in [5.74, 6) is -0.289. The first-order valence-corrected chi connectivity index (χ1v) is 8.12. The van der Waals surface area contributed by atoms with Gasteiger partial charge < -0.3 is 19.5 Å². The largest absolute Gasteiger partial charge is 0.493 e. The fraction of sp³-hybridized carbons (Fsp3) is 0.235. The van der Waals surface area contributed by atoms with E-state index >= 15 is 0 Å². The van der Waals surface area contributed by atoms with Crippen LogP contribution in [0.4, 0.5) is 5.82 Å². The van der Waals surface area contributed by atoms with Gasteiger partial charge in [-0.3, -0.25) is 4.79 Å². The molecule has 2 rings (SSSR count). The summed E-state index contributed by atoms with van der Waals surface area (Å²) in [5, 5.41) is 3.07. The van der Waals surface area contributed by atoms with E-state index in [4.69, 9.17) is 37.4 Å². The Labute approximate surface area is 160 Å². The minimum absolute atomic E-state index is 0.140. The van der Waals surface area contributed by atoms with E-state index in [2.05, 4.69) is 10.3 Å². The second-order valence-electron chi connectivity index (χ2n) is 5.09. The SMILES string of the molecule is COc1ccc(C(=O)OCC(=O)Nc2ncc(Cl)c(C)c2Cl)cc1OC. The smallest absolute Gasteiger partial charge is 0.338 e. The predicted molar refractivity (Wildman–Crippen MR) is 97.5 cm³/mol. The Bertz CT molecular complexity index is 842. The van der Waals surface area contributed by atoms with E-state index in [0.29, 0.717) is 22.1 Å². The molecule has 0 spiro atoms. The highest BCUT2D eigenvalue weighted by Crippen LogP contribution is 2.29. The number of rotatable bonds is 6. The van der Waals surface area contributed by atoms with Crippen LogP contribution >= 0.6 is 23.2 Å². The third kappa shape index (κ3) is 4.56. The van der Waals surface area contributed by atoms with Crippen LogP contribution in [-0.2, 0) is 9.53 Å². The fourth-order valence-corrected chi connectivity index (χ4v) is 2.38. The van der Waals surface area contributed by atoms with E-state index in [1.165, 1.54) is 32.5 Å². The molecule has 0 aliphatic carbocycles. The standard InChI is InChI=1S/C17H16Cl2N2O5/c1-9-11(18)7-20-16(15(9)19)21-14(22)8-26-17(23)10-4-5-12(24-2)13(6-10)25-3/h4-7H,8H2,1-3H3,(H,20,21,22). The summed E-state index contributed by atoms with van der Waals surface area (Å²) in [7, 11) is 2.93. The van der Waals surface area contributed by atoms with Gasteiger partial charge in [-0.15, -0.1) is 0 Å². The third-order valence-electron chi connectivity index (χ3n) is 3.41. The molecular formula is C17H16Cl2N2O5. The van der Waals surface area contributed by atoms with Crippen molar-refractivity contribution < 1.29 is 23.8 Å². The number of methoxy groups -OCH3 is 2. The highest BCUT2D eigenvalue weighted by atomic mass is 35.5. The lowest BCUT2D eigenvalue weighted by atomic mass is 10.2. The lowest BCUT2D eigenvalue weighted by molar-refractivity contribution is -0.119. The number of esters is 1. The molecule has 0 fully saturated rings. The van der Waals surface area contributed by atoms with Crippen LogP contribution in [0.2, 0.25) is 10.0 Å². The van der Waals surface area contributed by atoms with Crippen LogP contribution in [-0.4, -0.2) is 37.7 Å². The van der Waals surface area contributed by atoms with Crippen molar-refractivity contribution in [2.75, 3.05) is 26.1 Å². The fourth-order valence-electron chi connectivity index (χ4n) is 1.99. The topological polar surface area (TPSA) is 86.8 Å². The first-order valence-electron chi connectivity index (χ1n) is 7.37. The second kappa shape index (κ2) is 8.73. The van der Waals surface area contributed by atoms with Crippen molar-refractivity contribution >= 4 is 40.9 Å². The van der Waals surface area contributed by atoms with E-state index in [1.807, 2.05) is 0 Å². The molecule has 1 N–H and O–H groups in total. The van der Waals surface area contributed by atoms with Crippen LogP contribution in [0.3, 0.4) is 0 Å². The number of aromatic nitrogens is 1. The Morgan fingerprint density at radius 2 is 1.85 bits per heavy atom. The van der Waals surface area contributed by atoms with Gasteiger partial charge in [0.2, 0.25) is 0 Å². The average Bonchev–Trinajstić information content (AvgIpc) is 2.65. The van der Waals surface area contributed by atoms with Crippen molar-refractivity contribution in [3.63, 3.8) is 0 Å². The van der Waals surface area contributed by atoms with Gasteiger partial charge >= 0.3 is 5.97 Å². The molecule has 9 heteroatoms. The van der Waals surface area contributed by atoms with Crippen molar-refractivity contribution in [3.8, 4) is 11.5 Å². The molecule has 2 aromatic rings. The van der Waals surface area contributed by atoms with Gasteiger partial charge in [-0.05, 0) is 30.7 Å². The summed E-state index contributed by atoms with van der Waals surface area (Å²) in [6.07, 6.45) is 1.37. The normalized spacial score (nSPS) is 10.2. The van der Waals surface area contributed by atoms with Crippen molar-refractivity contribution in [1.82, 2.24) is 4.98 Å². The first-order chi connectivity index (χ1) is 12.4. The molecule has 1 heterocycles. The van der Waals surface area contributed by atoms with Crippen molar-refractivity contribution in [3.05, 3.63) is 45.6 Å². The van der Waals surface area contributed by atoms with Crippen LogP contribution in [0.1, 0.15) is 15.9 Å². The zero-order valence-corrected chi connectivity index (χ0v) is 15.8. The summed E-state index contributed by atoms with van der Waals surface area (Å²) in [4.78, 5) is 28.0. The van der Waals surface area contributed by atoms with Gasteiger partial charge in [-0.25, -0.2) is 9.78 Å². The number of anilines is 1. The van der Waals surface area contributed by atoms with Gasteiger partial charge in [0.15, 0.2) is 23.9 Å². The number of benzene rings is 1. The van der Waals surface area contributed by atoms with Gasteiger partial charge in [0.1, 0.15) is 0 Å². The monoisotopic (exact) mass is 398 g/mol. The number of carbonyl (C=O) groups excluding carboxylic acids is 2. The van der Waals surface area contributed by atoms with Crippen LogP contribution < -0.4 is 14.8 Å². The summed E-state index contributed by atoms with van der Waals surface area (Å²) in [5.41, 5.74) is 0.801. The first kappa shape index (κ1) is 19.8. The molecule has 26 heavy (non-hydrogen) atoms. The van der Waals surface area contributed by atoms with Crippen molar-refractivity contribution in [2.45, 2.75) is 6.92 Å². The molecule has 0 aliphatic heterocycles. The molecule has 0 saturated heterocycles. The number of ether oxygens (including phenoxy) is 3. The van der Waals surface area contributed by atoms with Gasteiger partial charge in [-0.2, -0.15) is 0 Å². The van der Waals surface area contributed by atoms with Gasteiger partial charge in [0.05, 0.1) is 29.8 Å². The summed E-state index contributed by atoms with van der Waals surface area (Å²) >= 11 is 12.0. The van der Waals surface area contributed by atoms with Crippen LogP contribution in [0.5, 0.6) is 11.5 Å². The van der Waals surface area contributed by atoms with Crippen molar-refractivity contribution in [1.29, 1.82) is 0 Å². The van der Waals surface area contributed by atoms with Crippen LogP contribution in [0.15, 0.2) is 24.4 Å². The molecular weight excluding hydrogens is 383 g/mol. The number of pyridine rings is 1. The molecule has 1 aromatic heterocycles. The Balaban J connectivity index is 1.99.